The van der Waals surface area contributed by atoms with Gasteiger partial charge in [0.25, 0.3) is 5.91 Å². The van der Waals surface area contributed by atoms with Gasteiger partial charge in [0, 0.05) is 18.8 Å². The van der Waals surface area contributed by atoms with Gasteiger partial charge in [0.2, 0.25) is 0 Å². The van der Waals surface area contributed by atoms with Crippen LogP contribution in [0.3, 0.4) is 0 Å². The number of rotatable bonds is 2. The van der Waals surface area contributed by atoms with Crippen LogP contribution in [0.4, 0.5) is 0 Å². The van der Waals surface area contributed by atoms with Gasteiger partial charge in [-0.3, -0.25) is 9.48 Å². The lowest BCUT2D eigenvalue weighted by Gasteiger charge is -2.38. The number of fused-ring (bicyclic) bond motifs is 1. The maximum atomic E-state index is 13.1. The highest BCUT2D eigenvalue weighted by Crippen LogP contribution is 2.35. The zero-order chi connectivity index (χ0) is 15.6. The van der Waals surface area contributed by atoms with Crippen molar-refractivity contribution in [3.05, 3.63) is 18.0 Å². The molecule has 0 bridgehead atoms. The highest BCUT2D eigenvalue weighted by Gasteiger charge is 2.35. The van der Waals surface area contributed by atoms with Crippen molar-refractivity contribution in [3.63, 3.8) is 0 Å². The molecule has 0 unspecified atom stereocenters. The molecule has 23 heavy (non-hydrogen) atoms. The molecule has 1 saturated heterocycles. The third-order valence-electron chi connectivity index (χ3n) is 6.28. The fraction of sp³-hybridized carbons (Fsp3) is 0.789. The van der Waals surface area contributed by atoms with Gasteiger partial charge < -0.3 is 4.90 Å². The number of likely N-dealkylation sites (tertiary alicyclic amines) is 1. The van der Waals surface area contributed by atoms with Crippen LogP contribution in [0.25, 0.3) is 0 Å². The van der Waals surface area contributed by atoms with Gasteiger partial charge in [-0.1, -0.05) is 32.1 Å². The van der Waals surface area contributed by atoms with E-state index in [9.17, 15) is 4.79 Å². The molecular formula is C19H29N3O. The summed E-state index contributed by atoms with van der Waals surface area (Å²) in [4.78, 5) is 15.3. The van der Waals surface area contributed by atoms with Crippen LogP contribution in [0.1, 0.15) is 87.2 Å². The van der Waals surface area contributed by atoms with E-state index in [1.54, 1.807) is 0 Å². The van der Waals surface area contributed by atoms with Crippen molar-refractivity contribution in [2.45, 2.75) is 82.7 Å². The summed E-state index contributed by atoms with van der Waals surface area (Å²) >= 11 is 0. The normalized spacial score (nSPS) is 29.3. The molecule has 3 aliphatic rings. The number of carbonyl (C=O) groups is 1. The van der Waals surface area contributed by atoms with Crippen LogP contribution in [-0.4, -0.2) is 33.2 Å². The highest BCUT2D eigenvalue weighted by molar-refractivity contribution is 5.92. The zero-order valence-corrected chi connectivity index (χ0v) is 14.1. The lowest BCUT2D eigenvalue weighted by molar-refractivity contribution is 0.0562. The van der Waals surface area contributed by atoms with Crippen LogP contribution < -0.4 is 0 Å². The summed E-state index contributed by atoms with van der Waals surface area (Å²) in [5.74, 6) is 0.910. The molecule has 0 aromatic carbocycles. The Morgan fingerprint density at radius 2 is 1.65 bits per heavy atom. The van der Waals surface area contributed by atoms with E-state index in [1.807, 2.05) is 12.3 Å². The molecule has 1 aliphatic heterocycles. The van der Waals surface area contributed by atoms with E-state index >= 15 is 0 Å². The second kappa shape index (κ2) is 6.66. The summed E-state index contributed by atoms with van der Waals surface area (Å²) < 4.78 is 2.05. The van der Waals surface area contributed by atoms with Crippen molar-refractivity contribution in [2.75, 3.05) is 6.54 Å². The largest absolute Gasteiger partial charge is 0.334 e. The average molecular weight is 315 g/mol. The molecule has 1 aromatic rings. The van der Waals surface area contributed by atoms with Crippen LogP contribution in [0.15, 0.2) is 12.3 Å². The number of aromatic nitrogens is 2. The fourth-order valence-corrected chi connectivity index (χ4v) is 5.01. The quantitative estimate of drug-likeness (QED) is 0.821. The molecule has 0 spiro atoms. The number of amides is 1. The lowest BCUT2D eigenvalue weighted by atomic mass is 9.81. The van der Waals surface area contributed by atoms with Gasteiger partial charge in [-0.05, 0) is 50.5 Å². The molecule has 1 aromatic heterocycles. The minimum absolute atomic E-state index is 0.181. The molecule has 2 aliphatic carbocycles. The van der Waals surface area contributed by atoms with Crippen molar-refractivity contribution in [3.8, 4) is 0 Å². The number of carbonyl (C=O) groups excluding carboxylic acids is 1. The molecule has 2 atom stereocenters. The fourth-order valence-electron chi connectivity index (χ4n) is 5.01. The Kier molecular flexibility index (Phi) is 4.41. The Balaban J connectivity index is 1.52. The van der Waals surface area contributed by atoms with E-state index in [0.717, 1.165) is 18.9 Å². The molecule has 0 N–H and O–H groups in total. The molecular weight excluding hydrogens is 286 g/mol. The summed E-state index contributed by atoms with van der Waals surface area (Å²) in [5.41, 5.74) is 0.670. The third kappa shape index (κ3) is 3.05. The van der Waals surface area contributed by atoms with E-state index in [2.05, 4.69) is 14.7 Å². The molecule has 4 nitrogen and oxygen atoms in total. The second-order valence-corrected chi connectivity index (χ2v) is 7.73. The Hall–Kier alpha value is -1.32. The molecule has 4 heteroatoms. The van der Waals surface area contributed by atoms with Crippen LogP contribution >= 0.6 is 0 Å². The Labute approximate surface area is 139 Å². The standard InChI is InChI=1S/C19H29N3O/c23-19(17-12-14-22(20-17)16-9-2-3-10-16)21-13-6-5-8-15-7-1-4-11-18(15)21/h12,14-16,18H,1-11,13H2/t15-,18-/m1/s1. The van der Waals surface area contributed by atoms with Gasteiger partial charge in [-0.15, -0.1) is 0 Å². The van der Waals surface area contributed by atoms with E-state index in [4.69, 9.17) is 0 Å². The predicted molar refractivity (Wildman–Crippen MR) is 90.4 cm³/mol. The molecule has 2 heterocycles. The van der Waals surface area contributed by atoms with E-state index < -0.39 is 0 Å². The smallest absolute Gasteiger partial charge is 0.274 e. The lowest BCUT2D eigenvalue weighted by Crippen LogP contribution is -2.45. The van der Waals surface area contributed by atoms with Crippen molar-refractivity contribution in [1.29, 1.82) is 0 Å². The highest BCUT2D eigenvalue weighted by atomic mass is 16.2. The molecule has 0 radical (unpaired) electrons. The van der Waals surface area contributed by atoms with Crippen LogP contribution in [-0.2, 0) is 0 Å². The van der Waals surface area contributed by atoms with E-state index in [0.29, 0.717) is 17.8 Å². The van der Waals surface area contributed by atoms with Gasteiger partial charge in [0.05, 0.1) is 6.04 Å². The minimum Gasteiger partial charge on any atom is -0.334 e. The zero-order valence-electron chi connectivity index (χ0n) is 14.1. The molecule has 2 saturated carbocycles. The monoisotopic (exact) mass is 315 g/mol. The second-order valence-electron chi connectivity index (χ2n) is 7.73. The van der Waals surface area contributed by atoms with Crippen LogP contribution in [0.2, 0.25) is 0 Å². The predicted octanol–water partition coefficient (Wildman–Crippen LogP) is 4.18. The molecule has 3 fully saturated rings. The average Bonchev–Trinajstić information content (AvgIpc) is 3.22. The van der Waals surface area contributed by atoms with Crippen molar-refractivity contribution in [1.82, 2.24) is 14.7 Å². The maximum absolute atomic E-state index is 13.1. The number of hydrogen-bond donors (Lipinski definition) is 0. The Morgan fingerprint density at radius 3 is 2.48 bits per heavy atom. The molecule has 4 rings (SSSR count). The van der Waals surface area contributed by atoms with Crippen molar-refractivity contribution < 1.29 is 4.79 Å². The van der Waals surface area contributed by atoms with Crippen molar-refractivity contribution in [2.24, 2.45) is 5.92 Å². The van der Waals surface area contributed by atoms with Crippen LogP contribution in [0.5, 0.6) is 0 Å². The van der Waals surface area contributed by atoms with Gasteiger partial charge >= 0.3 is 0 Å². The first-order valence-electron chi connectivity index (χ1n) is 9.69. The summed E-state index contributed by atoms with van der Waals surface area (Å²) in [7, 11) is 0. The van der Waals surface area contributed by atoms with Gasteiger partial charge in [-0.2, -0.15) is 5.10 Å². The van der Waals surface area contributed by atoms with Gasteiger partial charge in [0.1, 0.15) is 5.69 Å². The third-order valence-corrected chi connectivity index (χ3v) is 6.28. The Bertz CT molecular complexity index is 547. The van der Waals surface area contributed by atoms with E-state index in [-0.39, 0.29) is 5.91 Å². The maximum Gasteiger partial charge on any atom is 0.274 e. The van der Waals surface area contributed by atoms with Crippen molar-refractivity contribution >= 4 is 5.91 Å². The SMILES string of the molecule is O=C(c1ccn(C2CCCC2)n1)N1CCCC[C@H]2CCCC[C@H]21. The summed E-state index contributed by atoms with van der Waals surface area (Å²) in [5, 5.41) is 4.66. The first kappa shape index (κ1) is 15.2. The minimum atomic E-state index is 0.181. The van der Waals surface area contributed by atoms with Crippen LogP contribution in [0, 0.1) is 5.92 Å². The first-order chi connectivity index (χ1) is 11.3. The Morgan fingerprint density at radius 1 is 0.957 bits per heavy atom. The summed E-state index contributed by atoms with van der Waals surface area (Å²) in [6.07, 6.45) is 15.9. The molecule has 126 valence electrons. The van der Waals surface area contributed by atoms with Gasteiger partial charge in [-0.25, -0.2) is 0 Å². The van der Waals surface area contributed by atoms with E-state index in [1.165, 1.54) is 64.2 Å². The number of hydrogen-bond acceptors (Lipinski definition) is 2. The summed E-state index contributed by atoms with van der Waals surface area (Å²) in [6, 6.07) is 2.93. The number of nitrogens with zero attached hydrogens (tertiary/aromatic N) is 3. The topological polar surface area (TPSA) is 38.1 Å². The van der Waals surface area contributed by atoms with Gasteiger partial charge in [0.15, 0.2) is 0 Å². The summed E-state index contributed by atoms with van der Waals surface area (Å²) in [6.45, 7) is 0.927. The molecule has 1 amide bonds. The first-order valence-corrected chi connectivity index (χ1v) is 9.69.